The standard InChI is InChI=1S/C44H81O12P/c1-3-5-7-9-11-13-15-17-19-20-22-24-26-28-30-32-34-53-35-37(36-54-57(51,52)56-44-42(49)40(47)39(46)41(48)43(44)50)55-38(45)33-31-29-27-25-23-21-18-16-14-12-10-8-6-4-2/h10,12,16-19,37,39-44,46-50H,3-9,11,13-15,20-36H2,1-2H3,(H,51,52)/b12-10-,18-16-,19-17-. The predicted molar refractivity (Wildman–Crippen MR) is 226 cm³/mol. The molecule has 1 fully saturated rings. The molecule has 0 radical (unpaired) electrons. The summed E-state index contributed by atoms with van der Waals surface area (Å²) in [5.41, 5.74) is 0. The van der Waals surface area contributed by atoms with Crippen LogP contribution in [0.15, 0.2) is 36.5 Å². The molecule has 13 heteroatoms. The molecule has 1 rings (SSSR count). The molecule has 0 saturated heterocycles. The molecule has 57 heavy (non-hydrogen) atoms. The predicted octanol–water partition coefficient (Wildman–Crippen LogP) is 8.70. The van der Waals surface area contributed by atoms with Gasteiger partial charge in [-0.1, -0.05) is 140 Å². The van der Waals surface area contributed by atoms with Crippen molar-refractivity contribution in [2.75, 3.05) is 19.8 Å². The second kappa shape index (κ2) is 35.3. The number of rotatable bonds is 37. The lowest BCUT2D eigenvalue weighted by Gasteiger charge is -2.41. The van der Waals surface area contributed by atoms with Crippen LogP contribution in [0.1, 0.15) is 174 Å². The van der Waals surface area contributed by atoms with Gasteiger partial charge in [0.1, 0.15) is 42.7 Å². The molecule has 0 aliphatic heterocycles. The lowest BCUT2D eigenvalue weighted by atomic mass is 9.85. The molecule has 0 amide bonds. The van der Waals surface area contributed by atoms with E-state index in [2.05, 4.69) is 50.3 Å². The number of phosphoric acid groups is 1. The van der Waals surface area contributed by atoms with Crippen molar-refractivity contribution >= 4 is 13.8 Å². The number of aliphatic hydroxyl groups is 5. The van der Waals surface area contributed by atoms with Gasteiger partial charge in [-0.15, -0.1) is 0 Å². The first kappa shape index (κ1) is 53.6. The molecule has 0 aromatic heterocycles. The molecule has 1 saturated carbocycles. The minimum Gasteiger partial charge on any atom is -0.457 e. The summed E-state index contributed by atoms with van der Waals surface area (Å²) in [5.74, 6) is -0.494. The number of ether oxygens (including phenoxy) is 2. The number of hydrogen-bond acceptors (Lipinski definition) is 11. The summed E-state index contributed by atoms with van der Waals surface area (Å²) >= 11 is 0. The minimum absolute atomic E-state index is 0.0861. The number of unbranched alkanes of at least 4 members (excludes halogenated alkanes) is 19. The lowest BCUT2D eigenvalue weighted by Crippen LogP contribution is -2.64. The van der Waals surface area contributed by atoms with Crippen LogP contribution in [0.2, 0.25) is 0 Å². The number of carbonyl (C=O) groups is 1. The molecule has 0 spiro atoms. The molecular formula is C44H81O12P. The molecular weight excluding hydrogens is 751 g/mol. The van der Waals surface area contributed by atoms with Crippen LogP contribution in [-0.4, -0.2) is 98.9 Å². The molecule has 6 N–H and O–H groups in total. The maximum atomic E-state index is 12.8. The highest BCUT2D eigenvalue weighted by molar-refractivity contribution is 7.47. The van der Waals surface area contributed by atoms with Crippen LogP contribution >= 0.6 is 7.82 Å². The molecule has 1 aliphatic rings. The number of esters is 1. The smallest absolute Gasteiger partial charge is 0.457 e. The highest BCUT2D eigenvalue weighted by Gasteiger charge is 2.51. The van der Waals surface area contributed by atoms with E-state index in [0.717, 1.165) is 77.0 Å². The van der Waals surface area contributed by atoms with E-state index in [-0.39, 0.29) is 13.0 Å². The number of allylic oxidation sites excluding steroid dienone is 6. The molecule has 0 heterocycles. The Balaban J connectivity index is 2.43. The van der Waals surface area contributed by atoms with Crippen LogP contribution in [0.4, 0.5) is 0 Å². The van der Waals surface area contributed by atoms with Gasteiger partial charge in [-0.05, 0) is 64.2 Å². The van der Waals surface area contributed by atoms with Crippen LogP contribution in [0.5, 0.6) is 0 Å². The van der Waals surface area contributed by atoms with E-state index in [0.29, 0.717) is 13.0 Å². The quantitative estimate of drug-likeness (QED) is 0.0151. The van der Waals surface area contributed by atoms with Gasteiger partial charge in [0.2, 0.25) is 0 Å². The Morgan fingerprint density at radius 3 is 1.54 bits per heavy atom. The summed E-state index contributed by atoms with van der Waals surface area (Å²) in [5, 5.41) is 50.1. The van der Waals surface area contributed by atoms with Crippen LogP contribution in [0.3, 0.4) is 0 Å². The van der Waals surface area contributed by atoms with E-state index in [1.165, 1.54) is 70.6 Å². The Kier molecular flexibility index (Phi) is 33.2. The van der Waals surface area contributed by atoms with Crippen molar-refractivity contribution in [3.8, 4) is 0 Å². The molecule has 6 atom stereocenters. The number of aliphatic hydroxyl groups excluding tert-OH is 5. The molecule has 12 nitrogen and oxygen atoms in total. The van der Waals surface area contributed by atoms with Gasteiger partial charge >= 0.3 is 13.8 Å². The Morgan fingerprint density at radius 2 is 1.00 bits per heavy atom. The summed E-state index contributed by atoms with van der Waals surface area (Å²) < 4.78 is 34.1. The highest BCUT2D eigenvalue weighted by atomic mass is 31.2. The second-order valence-electron chi connectivity index (χ2n) is 15.5. The van der Waals surface area contributed by atoms with Crippen molar-refractivity contribution in [2.45, 2.75) is 217 Å². The number of carbonyl (C=O) groups excluding carboxylic acids is 1. The third kappa shape index (κ3) is 27.9. The van der Waals surface area contributed by atoms with Gasteiger partial charge in [-0.25, -0.2) is 4.57 Å². The zero-order chi connectivity index (χ0) is 42.0. The first-order valence-electron chi connectivity index (χ1n) is 22.3. The van der Waals surface area contributed by atoms with Crippen molar-refractivity contribution in [2.24, 2.45) is 0 Å². The van der Waals surface area contributed by atoms with Crippen LogP contribution in [0.25, 0.3) is 0 Å². The van der Waals surface area contributed by atoms with Gasteiger partial charge in [0, 0.05) is 13.0 Å². The Hall–Kier alpha value is -1.44. The van der Waals surface area contributed by atoms with E-state index in [4.69, 9.17) is 18.5 Å². The third-order valence-corrected chi connectivity index (χ3v) is 11.2. The molecule has 6 unspecified atom stereocenters. The number of hydrogen-bond donors (Lipinski definition) is 6. The molecule has 0 aromatic carbocycles. The molecule has 0 aromatic rings. The van der Waals surface area contributed by atoms with E-state index < -0.39 is 63.1 Å². The third-order valence-electron chi connectivity index (χ3n) is 10.2. The van der Waals surface area contributed by atoms with Crippen molar-refractivity contribution in [3.05, 3.63) is 36.5 Å². The largest absolute Gasteiger partial charge is 0.472 e. The maximum Gasteiger partial charge on any atom is 0.472 e. The Bertz CT molecular complexity index is 1090. The van der Waals surface area contributed by atoms with Crippen molar-refractivity contribution < 1.29 is 58.3 Å². The fraction of sp³-hybridized carbons (Fsp3) is 0.841. The maximum absolute atomic E-state index is 12.8. The Labute approximate surface area is 344 Å². The second-order valence-corrected chi connectivity index (χ2v) is 16.9. The average Bonchev–Trinajstić information content (AvgIpc) is 3.19. The van der Waals surface area contributed by atoms with Crippen LogP contribution in [-0.2, 0) is 27.9 Å². The van der Waals surface area contributed by atoms with Crippen LogP contribution < -0.4 is 0 Å². The van der Waals surface area contributed by atoms with Crippen molar-refractivity contribution in [1.82, 2.24) is 0 Å². The van der Waals surface area contributed by atoms with Gasteiger partial charge in [0.15, 0.2) is 0 Å². The van der Waals surface area contributed by atoms with Gasteiger partial charge in [0.25, 0.3) is 0 Å². The summed E-state index contributed by atoms with van der Waals surface area (Å²) in [4.78, 5) is 23.1. The van der Waals surface area contributed by atoms with Crippen molar-refractivity contribution in [1.29, 1.82) is 0 Å². The lowest BCUT2D eigenvalue weighted by molar-refractivity contribution is -0.220. The zero-order valence-electron chi connectivity index (χ0n) is 35.4. The van der Waals surface area contributed by atoms with Gasteiger partial charge in [0.05, 0.1) is 13.2 Å². The summed E-state index contributed by atoms with van der Waals surface area (Å²) in [6.45, 7) is 4.18. The molecule has 0 bridgehead atoms. The van der Waals surface area contributed by atoms with E-state index >= 15 is 0 Å². The number of phosphoric ester groups is 1. The summed E-state index contributed by atoms with van der Waals surface area (Å²) in [6.07, 6.45) is 27.8. The average molecular weight is 833 g/mol. The highest BCUT2D eigenvalue weighted by Crippen LogP contribution is 2.47. The minimum atomic E-state index is -5.02. The van der Waals surface area contributed by atoms with E-state index in [9.17, 15) is 39.8 Å². The Morgan fingerprint density at radius 1 is 0.561 bits per heavy atom. The SMILES string of the molecule is CCCC/C=C\C/C=C\CCCCCCCC(=O)OC(COCCCCCCCC/C=C\CCCCCCCC)COP(=O)(O)OC1C(O)C(O)C(O)C(O)C1O. The fourth-order valence-electron chi connectivity index (χ4n) is 6.60. The van der Waals surface area contributed by atoms with E-state index in [1.807, 2.05) is 0 Å². The first-order valence-corrected chi connectivity index (χ1v) is 23.8. The van der Waals surface area contributed by atoms with Crippen molar-refractivity contribution in [3.63, 3.8) is 0 Å². The summed E-state index contributed by atoms with van der Waals surface area (Å²) in [7, 11) is -5.02. The van der Waals surface area contributed by atoms with Gasteiger partial charge in [-0.3, -0.25) is 13.8 Å². The monoisotopic (exact) mass is 833 g/mol. The summed E-state index contributed by atoms with van der Waals surface area (Å²) in [6, 6.07) is 0. The first-order chi connectivity index (χ1) is 27.5. The fourth-order valence-corrected chi connectivity index (χ4v) is 7.57. The molecule has 334 valence electrons. The normalized spacial score (nSPS) is 23.2. The van der Waals surface area contributed by atoms with E-state index in [1.54, 1.807) is 0 Å². The van der Waals surface area contributed by atoms with Gasteiger partial charge in [-0.2, -0.15) is 0 Å². The molecule has 1 aliphatic carbocycles. The zero-order valence-corrected chi connectivity index (χ0v) is 36.3. The van der Waals surface area contributed by atoms with Crippen LogP contribution in [0, 0.1) is 0 Å². The topological polar surface area (TPSA) is 192 Å². The van der Waals surface area contributed by atoms with Gasteiger partial charge < -0.3 is 39.9 Å².